The first-order valence-corrected chi connectivity index (χ1v) is 9.41. The zero-order valence-electron chi connectivity index (χ0n) is 13.2. The molecule has 3 rings (SSSR count). The van der Waals surface area contributed by atoms with Crippen molar-refractivity contribution in [3.63, 3.8) is 0 Å². The summed E-state index contributed by atoms with van der Waals surface area (Å²) < 4.78 is 37.6. The summed E-state index contributed by atoms with van der Waals surface area (Å²) in [5, 5.41) is -0.547. The molecule has 128 valence electrons. The van der Waals surface area contributed by atoms with Crippen molar-refractivity contribution >= 4 is 15.9 Å². The first-order valence-electron chi connectivity index (χ1n) is 7.91. The number of piperidine rings is 1. The highest BCUT2D eigenvalue weighted by Gasteiger charge is 2.37. The molecule has 3 heterocycles. The lowest BCUT2D eigenvalue weighted by Gasteiger charge is -2.36. The van der Waals surface area contributed by atoms with Gasteiger partial charge < -0.3 is 14.1 Å². The van der Waals surface area contributed by atoms with Crippen LogP contribution in [0.25, 0.3) is 0 Å². The fourth-order valence-corrected chi connectivity index (χ4v) is 5.00. The number of hydrogen-bond donors (Lipinski definition) is 0. The van der Waals surface area contributed by atoms with Crippen LogP contribution in [0.4, 0.5) is 0 Å². The van der Waals surface area contributed by atoms with Gasteiger partial charge in [-0.2, -0.15) is 4.31 Å². The van der Waals surface area contributed by atoms with Gasteiger partial charge in [0.25, 0.3) is 5.91 Å². The molecule has 1 amide bonds. The zero-order valence-corrected chi connectivity index (χ0v) is 14.0. The van der Waals surface area contributed by atoms with Gasteiger partial charge in [0.1, 0.15) is 5.76 Å². The van der Waals surface area contributed by atoms with E-state index in [1.165, 1.54) is 4.31 Å². The van der Waals surface area contributed by atoms with E-state index in [0.29, 0.717) is 51.4 Å². The largest absolute Gasteiger partial charge is 0.456 e. The number of furan rings is 1. The van der Waals surface area contributed by atoms with Gasteiger partial charge in [0.2, 0.25) is 10.0 Å². The van der Waals surface area contributed by atoms with Crippen LogP contribution in [-0.2, 0) is 14.8 Å². The van der Waals surface area contributed by atoms with Crippen molar-refractivity contribution in [2.75, 3.05) is 39.4 Å². The van der Waals surface area contributed by atoms with E-state index in [2.05, 4.69) is 0 Å². The van der Waals surface area contributed by atoms with Crippen molar-refractivity contribution in [1.82, 2.24) is 9.21 Å². The van der Waals surface area contributed by atoms with Crippen molar-refractivity contribution in [3.05, 3.63) is 23.7 Å². The summed E-state index contributed by atoms with van der Waals surface area (Å²) in [7, 11) is -3.40. The molecule has 0 radical (unpaired) electrons. The number of sulfonamides is 1. The monoisotopic (exact) mass is 342 g/mol. The minimum absolute atomic E-state index is 0.221. The Balaban J connectivity index is 1.71. The topological polar surface area (TPSA) is 80.1 Å². The Morgan fingerprint density at radius 2 is 1.96 bits per heavy atom. The highest BCUT2D eigenvalue weighted by Crippen LogP contribution is 2.23. The molecule has 0 aliphatic carbocycles. The molecule has 1 aromatic rings. The number of morpholine rings is 1. The molecule has 2 aliphatic rings. The Labute approximate surface area is 136 Å². The van der Waals surface area contributed by atoms with Crippen molar-refractivity contribution < 1.29 is 22.4 Å². The molecule has 23 heavy (non-hydrogen) atoms. The highest BCUT2D eigenvalue weighted by molar-refractivity contribution is 7.89. The lowest BCUT2D eigenvalue weighted by Crippen LogP contribution is -2.51. The Hall–Kier alpha value is -1.38. The second-order valence-electron chi connectivity index (χ2n) is 5.98. The standard InChI is InChI=1S/C15H22N2O5S/c1-12-4-5-14(22-12)15(18)16-6-2-3-13(11-16)23(19,20)17-7-9-21-10-8-17/h4-5,13H,2-3,6-11H2,1H3. The number of nitrogens with zero attached hydrogens (tertiary/aromatic N) is 2. The van der Waals surface area contributed by atoms with E-state index < -0.39 is 15.3 Å². The molecule has 8 heteroatoms. The lowest BCUT2D eigenvalue weighted by molar-refractivity contribution is 0.0666. The molecule has 2 saturated heterocycles. The molecule has 0 spiro atoms. The van der Waals surface area contributed by atoms with E-state index in [1.54, 1.807) is 24.0 Å². The minimum Gasteiger partial charge on any atom is -0.456 e. The number of carbonyl (C=O) groups excluding carboxylic acids is 1. The summed E-state index contributed by atoms with van der Waals surface area (Å²) in [4.78, 5) is 14.1. The summed E-state index contributed by atoms with van der Waals surface area (Å²) >= 11 is 0. The molecule has 1 atom stereocenters. The zero-order chi connectivity index (χ0) is 16.4. The highest BCUT2D eigenvalue weighted by atomic mass is 32.2. The fraction of sp³-hybridized carbons (Fsp3) is 0.667. The first-order chi connectivity index (χ1) is 11.0. The average Bonchev–Trinajstić information content (AvgIpc) is 3.01. The number of rotatable bonds is 3. The summed E-state index contributed by atoms with van der Waals surface area (Å²) in [6.07, 6.45) is 1.26. The fourth-order valence-electron chi connectivity index (χ4n) is 3.08. The van der Waals surface area contributed by atoms with Crippen LogP contribution in [0, 0.1) is 6.92 Å². The molecule has 0 bridgehead atoms. The molecule has 0 N–H and O–H groups in total. The number of aryl methyl sites for hydroxylation is 1. The maximum Gasteiger partial charge on any atom is 0.289 e. The minimum atomic E-state index is -3.40. The van der Waals surface area contributed by atoms with Gasteiger partial charge in [0.15, 0.2) is 5.76 Å². The van der Waals surface area contributed by atoms with Gasteiger partial charge in [-0.1, -0.05) is 0 Å². The maximum absolute atomic E-state index is 12.8. The summed E-state index contributed by atoms with van der Waals surface area (Å²) in [6.45, 7) is 4.21. The third-order valence-corrected chi connectivity index (χ3v) is 6.68. The maximum atomic E-state index is 12.8. The van der Waals surface area contributed by atoms with Crippen LogP contribution >= 0.6 is 0 Å². The molecule has 0 aromatic carbocycles. The van der Waals surface area contributed by atoms with Gasteiger partial charge in [0, 0.05) is 26.2 Å². The summed E-state index contributed by atoms with van der Waals surface area (Å²) in [6, 6.07) is 3.37. The lowest BCUT2D eigenvalue weighted by atomic mass is 10.1. The molecule has 2 aliphatic heterocycles. The number of carbonyl (C=O) groups is 1. The van der Waals surface area contributed by atoms with Crippen LogP contribution in [-0.4, -0.2) is 68.2 Å². The second kappa shape index (κ2) is 6.62. The first kappa shape index (κ1) is 16.5. The van der Waals surface area contributed by atoms with Crippen LogP contribution in [0.3, 0.4) is 0 Å². The molecule has 7 nitrogen and oxygen atoms in total. The SMILES string of the molecule is Cc1ccc(C(=O)N2CCCC(S(=O)(=O)N3CCOCC3)C2)o1. The van der Waals surface area contributed by atoms with Crippen LogP contribution in [0.1, 0.15) is 29.2 Å². The van der Waals surface area contributed by atoms with Gasteiger partial charge >= 0.3 is 0 Å². The molecule has 1 aromatic heterocycles. The molecule has 2 fully saturated rings. The Morgan fingerprint density at radius 1 is 1.22 bits per heavy atom. The van der Waals surface area contributed by atoms with Crippen molar-refractivity contribution in [3.8, 4) is 0 Å². The van der Waals surface area contributed by atoms with E-state index in [4.69, 9.17) is 9.15 Å². The smallest absolute Gasteiger partial charge is 0.289 e. The quantitative estimate of drug-likeness (QED) is 0.814. The third kappa shape index (κ3) is 3.44. The predicted molar refractivity (Wildman–Crippen MR) is 83.7 cm³/mol. The van der Waals surface area contributed by atoms with E-state index in [1.807, 2.05) is 0 Å². The van der Waals surface area contributed by atoms with Crippen molar-refractivity contribution in [2.24, 2.45) is 0 Å². The molecular weight excluding hydrogens is 320 g/mol. The Kier molecular flexibility index (Phi) is 4.74. The van der Waals surface area contributed by atoms with Gasteiger partial charge in [-0.25, -0.2) is 8.42 Å². The summed E-state index contributed by atoms with van der Waals surface area (Å²) in [5.41, 5.74) is 0. The van der Waals surface area contributed by atoms with E-state index >= 15 is 0 Å². The van der Waals surface area contributed by atoms with E-state index in [0.717, 1.165) is 0 Å². The third-order valence-electron chi connectivity index (χ3n) is 4.37. The Morgan fingerprint density at radius 3 is 2.61 bits per heavy atom. The van der Waals surface area contributed by atoms with Crippen molar-refractivity contribution in [1.29, 1.82) is 0 Å². The molecule has 0 saturated carbocycles. The predicted octanol–water partition coefficient (Wildman–Crippen LogP) is 0.855. The number of likely N-dealkylation sites (tertiary alicyclic amines) is 1. The number of amides is 1. The van der Waals surface area contributed by atoms with Gasteiger partial charge in [-0.15, -0.1) is 0 Å². The second-order valence-corrected chi connectivity index (χ2v) is 8.20. The van der Waals surface area contributed by atoms with E-state index in [-0.39, 0.29) is 18.2 Å². The molecule has 1 unspecified atom stereocenters. The summed E-state index contributed by atoms with van der Waals surface area (Å²) in [5.74, 6) is 0.703. The van der Waals surface area contributed by atoms with E-state index in [9.17, 15) is 13.2 Å². The van der Waals surface area contributed by atoms with Crippen molar-refractivity contribution in [2.45, 2.75) is 25.0 Å². The van der Waals surface area contributed by atoms with Gasteiger partial charge in [0.05, 0.1) is 18.5 Å². The van der Waals surface area contributed by atoms with Crippen LogP contribution in [0.2, 0.25) is 0 Å². The Bertz CT molecular complexity index is 663. The van der Waals surface area contributed by atoms with Gasteiger partial charge in [-0.3, -0.25) is 4.79 Å². The average molecular weight is 342 g/mol. The van der Waals surface area contributed by atoms with Gasteiger partial charge in [-0.05, 0) is 31.9 Å². The number of ether oxygens (including phenoxy) is 1. The van der Waals surface area contributed by atoms with Crippen LogP contribution in [0.15, 0.2) is 16.5 Å². The van der Waals surface area contributed by atoms with Crippen LogP contribution < -0.4 is 0 Å². The number of hydrogen-bond acceptors (Lipinski definition) is 5. The molecular formula is C15H22N2O5S. The van der Waals surface area contributed by atoms with Crippen LogP contribution in [0.5, 0.6) is 0 Å². The normalized spacial score (nSPS) is 23.9.